The Kier molecular flexibility index (Phi) is 4.39. The van der Waals surface area contributed by atoms with E-state index in [1.807, 2.05) is 35.2 Å². The molecule has 0 spiro atoms. The summed E-state index contributed by atoms with van der Waals surface area (Å²) in [6.45, 7) is 0.344. The van der Waals surface area contributed by atoms with Crippen molar-refractivity contribution in [1.82, 2.24) is 4.90 Å². The zero-order valence-corrected chi connectivity index (χ0v) is 14.4. The molecule has 3 nitrogen and oxygen atoms in total. The molecule has 0 N–H and O–H groups in total. The molecular formula is C20H21NO2S. The van der Waals surface area contributed by atoms with Crippen LogP contribution in [0.15, 0.2) is 53.9 Å². The van der Waals surface area contributed by atoms with E-state index in [4.69, 9.17) is 4.74 Å². The number of ether oxygens (including phenoxy) is 1. The van der Waals surface area contributed by atoms with Gasteiger partial charge in [0.05, 0.1) is 6.04 Å². The molecule has 4 heteroatoms. The summed E-state index contributed by atoms with van der Waals surface area (Å²) in [5.74, 6) is 0. The van der Waals surface area contributed by atoms with Crippen molar-refractivity contribution in [3.63, 3.8) is 0 Å². The van der Waals surface area contributed by atoms with Gasteiger partial charge in [-0.1, -0.05) is 42.5 Å². The lowest BCUT2D eigenvalue weighted by atomic mass is 9.85. The summed E-state index contributed by atoms with van der Waals surface area (Å²) in [4.78, 5) is 16.0. The number of fused-ring (bicyclic) bond motifs is 2. The molecular weight excluding hydrogens is 318 g/mol. The lowest BCUT2D eigenvalue weighted by Crippen LogP contribution is -2.51. The van der Waals surface area contributed by atoms with Crippen LogP contribution in [0.3, 0.4) is 0 Å². The molecule has 0 saturated carbocycles. The van der Waals surface area contributed by atoms with Gasteiger partial charge in [-0.25, -0.2) is 4.79 Å². The van der Waals surface area contributed by atoms with Crippen LogP contribution in [0, 0.1) is 0 Å². The fraction of sp³-hybridized carbons (Fsp3) is 0.350. The number of piperidine rings is 1. The van der Waals surface area contributed by atoms with Crippen LogP contribution in [0.2, 0.25) is 0 Å². The number of hydrogen-bond donors (Lipinski definition) is 0. The van der Waals surface area contributed by atoms with E-state index in [1.165, 1.54) is 16.9 Å². The van der Waals surface area contributed by atoms with E-state index < -0.39 is 0 Å². The van der Waals surface area contributed by atoms with Crippen molar-refractivity contribution in [2.24, 2.45) is 0 Å². The first kappa shape index (κ1) is 15.5. The quantitative estimate of drug-likeness (QED) is 0.779. The summed E-state index contributed by atoms with van der Waals surface area (Å²) in [6.07, 6.45) is 6.34. The summed E-state index contributed by atoms with van der Waals surface area (Å²) in [6, 6.07) is 14.6. The smallest absolute Gasteiger partial charge is 0.410 e. The van der Waals surface area contributed by atoms with Gasteiger partial charge in [-0.15, -0.1) is 11.3 Å². The van der Waals surface area contributed by atoms with Crippen LogP contribution >= 0.6 is 11.3 Å². The molecule has 24 heavy (non-hydrogen) atoms. The third-order valence-corrected chi connectivity index (χ3v) is 5.84. The van der Waals surface area contributed by atoms with Crippen LogP contribution in [0.4, 0.5) is 4.79 Å². The first-order valence-corrected chi connectivity index (χ1v) is 9.43. The second-order valence-electron chi connectivity index (χ2n) is 6.47. The molecule has 0 aliphatic carbocycles. The first-order valence-electron chi connectivity index (χ1n) is 8.55. The van der Waals surface area contributed by atoms with Gasteiger partial charge in [-0.2, -0.15) is 0 Å². The molecule has 4 rings (SSSR count). The Morgan fingerprint density at radius 3 is 2.79 bits per heavy atom. The van der Waals surface area contributed by atoms with Crippen molar-refractivity contribution in [3.8, 4) is 0 Å². The summed E-state index contributed by atoms with van der Waals surface area (Å²) in [5.41, 5.74) is 2.43. The van der Waals surface area contributed by atoms with Crippen LogP contribution < -0.4 is 0 Å². The fourth-order valence-corrected chi connectivity index (χ4v) is 4.52. The van der Waals surface area contributed by atoms with Gasteiger partial charge < -0.3 is 4.74 Å². The van der Waals surface area contributed by atoms with Gasteiger partial charge >= 0.3 is 6.09 Å². The maximum Gasteiger partial charge on any atom is 0.410 e. The van der Waals surface area contributed by atoms with E-state index in [2.05, 4.69) is 23.6 Å². The van der Waals surface area contributed by atoms with Gasteiger partial charge in [0.25, 0.3) is 0 Å². The highest BCUT2D eigenvalue weighted by Crippen LogP contribution is 2.38. The van der Waals surface area contributed by atoms with Gasteiger partial charge in [0.1, 0.15) is 6.61 Å². The number of carbonyl (C=O) groups is 1. The Morgan fingerprint density at radius 2 is 2.04 bits per heavy atom. The number of benzene rings is 1. The number of nitrogens with zero attached hydrogens (tertiary/aromatic N) is 1. The fourth-order valence-electron chi connectivity index (χ4n) is 3.75. The van der Waals surface area contributed by atoms with E-state index >= 15 is 0 Å². The summed E-state index contributed by atoms with van der Waals surface area (Å²) < 4.78 is 5.59. The number of carbonyl (C=O) groups excluding carboxylic acids is 1. The Balaban J connectivity index is 1.48. The average Bonchev–Trinajstić information content (AvgIpc) is 3.14. The van der Waals surface area contributed by atoms with Crippen LogP contribution in [-0.2, 0) is 11.3 Å². The van der Waals surface area contributed by atoms with Crippen molar-refractivity contribution >= 4 is 23.0 Å². The standard InChI is InChI=1S/C20H21NO2S/c22-20(23-14-15-6-2-1-3-7-15)21-17-8-4-9-18(21)13-16(12-17)19-10-5-11-24-19/h1-3,5-7,10-12,17-18H,4,8-9,13-14H2. The minimum absolute atomic E-state index is 0.171. The van der Waals surface area contributed by atoms with E-state index in [9.17, 15) is 4.79 Å². The molecule has 1 aromatic heterocycles. The van der Waals surface area contributed by atoms with Crippen molar-refractivity contribution in [2.45, 2.75) is 44.4 Å². The van der Waals surface area contributed by atoms with Crippen molar-refractivity contribution < 1.29 is 9.53 Å². The minimum Gasteiger partial charge on any atom is -0.445 e. The van der Waals surface area contributed by atoms with Gasteiger partial charge in [-0.3, -0.25) is 4.90 Å². The zero-order valence-electron chi connectivity index (χ0n) is 13.6. The molecule has 2 atom stereocenters. The molecule has 2 aliphatic heterocycles. The Labute approximate surface area is 146 Å². The molecule has 1 aromatic carbocycles. The highest BCUT2D eigenvalue weighted by atomic mass is 32.1. The summed E-state index contributed by atoms with van der Waals surface area (Å²) in [5, 5.41) is 2.12. The maximum atomic E-state index is 12.7. The topological polar surface area (TPSA) is 29.5 Å². The Morgan fingerprint density at radius 1 is 1.17 bits per heavy atom. The first-order chi connectivity index (χ1) is 11.8. The molecule has 124 valence electrons. The van der Waals surface area contributed by atoms with Crippen molar-refractivity contribution in [3.05, 3.63) is 64.4 Å². The molecule has 2 aliphatic rings. The third-order valence-electron chi connectivity index (χ3n) is 4.89. The molecule has 1 fully saturated rings. The Hall–Kier alpha value is -2.07. The molecule has 1 saturated heterocycles. The minimum atomic E-state index is -0.171. The van der Waals surface area contributed by atoms with Gasteiger partial charge in [-0.05, 0) is 48.3 Å². The maximum absolute atomic E-state index is 12.7. The van der Waals surface area contributed by atoms with Gasteiger partial charge in [0.2, 0.25) is 0 Å². The number of amides is 1. The molecule has 2 unspecified atom stereocenters. The predicted molar refractivity (Wildman–Crippen MR) is 96.8 cm³/mol. The molecule has 0 radical (unpaired) electrons. The van der Waals surface area contributed by atoms with Crippen LogP contribution in [0.1, 0.15) is 36.1 Å². The number of rotatable bonds is 3. The SMILES string of the molecule is O=C(OCc1ccccc1)N1C2C=C(c3cccs3)CC1CCC2. The number of hydrogen-bond acceptors (Lipinski definition) is 3. The summed E-state index contributed by atoms with van der Waals surface area (Å²) in [7, 11) is 0. The van der Waals surface area contributed by atoms with Crippen molar-refractivity contribution in [2.75, 3.05) is 0 Å². The van der Waals surface area contributed by atoms with Crippen LogP contribution in [0.5, 0.6) is 0 Å². The van der Waals surface area contributed by atoms with Gasteiger partial charge in [0, 0.05) is 10.9 Å². The normalized spacial score (nSPS) is 22.8. The molecule has 2 aromatic rings. The Bertz CT molecular complexity index is 723. The monoisotopic (exact) mass is 339 g/mol. The molecule has 1 amide bonds. The average molecular weight is 339 g/mol. The van der Waals surface area contributed by atoms with E-state index in [0.29, 0.717) is 6.61 Å². The second-order valence-corrected chi connectivity index (χ2v) is 7.42. The van der Waals surface area contributed by atoms with E-state index in [-0.39, 0.29) is 18.2 Å². The molecule has 3 heterocycles. The third kappa shape index (κ3) is 3.11. The van der Waals surface area contributed by atoms with Crippen LogP contribution in [0.25, 0.3) is 5.57 Å². The van der Waals surface area contributed by atoms with E-state index in [1.54, 1.807) is 11.3 Å². The van der Waals surface area contributed by atoms with E-state index in [0.717, 1.165) is 24.8 Å². The lowest BCUT2D eigenvalue weighted by molar-refractivity contribution is 0.0510. The highest BCUT2D eigenvalue weighted by molar-refractivity contribution is 7.11. The number of thiophene rings is 1. The van der Waals surface area contributed by atoms with Crippen LogP contribution in [-0.4, -0.2) is 23.1 Å². The summed E-state index contributed by atoms with van der Waals surface area (Å²) >= 11 is 1.78. The highest BCUT2D eigenvalue weighted by Gasteiger charge is 2.38. The largest absolute Gasteiger partial charge is 0.445 e. The van der Waals surface area contributed by atoms with Gasteiger partial charge in [0.15, 0.2) is 0 Å². The van der Waals surface area contributed by atoms with Crippen molar-refractivity contribution in [1.29, 1.82) is 0 Å². The molecule has 2 bridgehead atoms. The lowest BCUT2D eigenvalue weighted by Gasteiger charge is -2.44. The zero-order chi connectivity index (χ0) is 16.4. The second kappa shape index (κ2) is 6.81. The predicted octanol–water partition coefficient (Wildman–Crippen LogP) is 5.10.